The quantitative estimate of drug-likeness (QED) is 0.664. The third-order valence-electron chi connectivity index (χ3n) is 4.09. The molecular formula is C20H21NO. The van der Waals surface area contributed by atoms with Gasteiger partial charge in [-0.15, -0.1) is 0 Å². The van der Waals surface area contributed by atoms with Gasteiger partial charge in [0, 0.05) is 11.1 Å². The SMILES string of the molecule is CCCCCc1ccc(-c2cc3ccccc3c(=O)[nH]2)cc1. The van der Waals surface area contributed by atoms with Crippen molar-refractivity contribution in [2.75, 3.05) is 0 Å². The predicted molar refractivity (Wildman–Crippen MR) is 93.2 cm³/mol. The molecule has 0 unspecified atom stereocenters. The largest absolute Gasteiger partial charge is 0.321 e. The normalized spacial score (nSPS) is 11.0. The van der Waals surface area contributed by atoms with E-state index in [0.29, 0.717) is 0 Å². The first-order chi connectivity index (χ1) is 10.8. The van der Waals surface area contributed by atoms with Crippen molar-refractivity contribution in [2.24, 2.45) is 0 Å². The fourth-order valence-corrected chi connectivity index (χ4v) is 2.80. The molecule has 3 aromatic rings. The van der Waals surface area contributed by atoms with Crippen LogP contribution in [0.1, 0.15) is 31.7 Å². The summed E-state index contributed by atoms with van der Waals surface area (Å²) in [5.41, 5.74) is 3.27. The molecule has 0 radical (unpaired) electrons. The van der Waals surface area contributed by atoms with Crippen molar-refractivity contribution in [1.29, 1.82) is 0 Å². The number of aromatic amines is 1. The van der Waals surface area contributed by atoms with Crippen molar-refractivity contribution >= 4 is 10.8 Å². The predicted octanol–water partition coefficient (Wildman–Crippen LogP) is 4.93. The summed E-state index contributed by atoms with van der Waals surface area (Å²) in [6.45, 7) is 2.22. The number of fused-ring (bicyclic) bond motifs is 1. The van der Waals surface area contributed by atoms with Crippen molar-refractivity contribution in [1.82, 2.24) is 4.98 Å². The first kappa shape index (κ1) is 14.6. The number of hydrogen-bond donors (Lipinski definition) is 1. The molecule has 0 saturated carbocycles. The van der Waals surface area contributed by atoms with Crippen LogP contribution in [-0.4, -0.2) is 4.98 Å². The average Bonchev–Trinajstić information content (AvgIpc) is 2.56. The third-order valence-corrected chi connectivity index (χ3v) is 4.09. The van der Waals surface area contributed by atoms with Crippen LogP contribution in [0.5, 0.6) is 0 Å². The van der Waals surface area contributed by atoms with E-state index in [9.17, 15) is 4.79 Å². The fraction of sp³-hybridized carbons (Fsp3) is 0.250. The molecule has 1 N–H and O–H groups in total. The number of pyridine rings is 1. The Morgan fingerprint density at radius 1 is 0.955 bits per heavy atom. The monoisotopic (exact) mass is 291 g/mol. The Kier molecular flexibility index (Phi) is 4.38. The van der Waals surface area contributed by atoms with Crippen molar-refractivity contribution in [2.45, 2.75) is 32.6 Å². The summed E-state index contributed by atoms with van der Waals surface area (Å²) in [4.78, 5) is 15.1. The van der Waals surface area contributed by atoms with Crippen molar-refractivity contribution in [3.63, 3.8) is 0 Å². The molecule has 2 heteroatoms. The zero-order chi connectivity index (χ0) is 15.4. The summed E-state index contributed by atoms with van der Waals surface area (Å²) >= 11 is 0. The van der Waals surface area contributed by atoms with E-state index in [0.717, 1.165) is 28.5 Å². The average molecular weight is 291 g/mol. The third kappa shape index (κ3) is 3.11. The van der Waals surface area contributed by atoms with Gasteiger partial charge >= 0.3 is 0 Å². The highest BCUT2D eigenvalue weighted by atomic mass is 16.1. The summed E-state index contributed by atoms with van der Waals surface area (Å²) in [7, 11) is 0. The number of nitrogens with one attached hydrogen (secondary N) is 1. The number of aryl methyl sites for hydroxylation is 1. The highest BCUT2D eigenvalue weighted by molar-refractivity contribution is 5.84. The molecule has 0 aliphatic rings. The van der Waals surface area contributed by atoms with E-state index in [1.807, 2.05) is 30.3 Å². The van der Waals surface area contributed by atoms with E-state index in [4.69, 9.17) is 0 Å². The lowest BCUT2D eigenvalue weighted by atomic mass is 10.0. The lowest BCUT2D eigenvalue weighted by Crippen LogP contribution is -2.06. The summed E-state index contributed by atoms with van der Waals surface area (Å²) in [6.07, 6.45) is 4.89. The van der Waals surface area contributed by atoms with Gasteiger partial charge in [-0.3, -0.25) is 4.79 Å². The molecule has 0 saturated heterocycles. The molecule has 0 atom stereocenters. The number of aromatic nitrogens is 1. The minimum atomic E-state index is -0.0277. The lowest BCUT2D eigenvalue weighted by Gasteiger charge is -2.06. The lowest BCUT2D eigenvalue weighted by molar-refractivity contribution is 0.717. The Morgan fingerprint density at radius 2 is 1.73 bits per heavy atom. The van der Waals surface area contributed by atoms with Gasteiger partial charge < -0.3 is 4.98 Å². The van der Waals surface area contributed by atoms with Crippen LogP contribution in [0.3, 0.4) is 0 Å². The standard InChI is InChI=1S/C20H21NO/c1-2-3-4-7-15-10-12-16(13-11-15)19-14-17-8-5-6-9-18(17)20(22)21-19/h5-6,8-14H,2-4,7H2,1H3,(H,21,22). The molecular weight excluding hydrogens is 270 g/mol. The van der Waals surface area contributed by atoms with E-state index >= 15 is 0 Å². The van der Waals surface area contributed by atoms with Crippen LogP contribution in [-0.2, 0) is 6.42 Å². The second-order valence-corrected chi connectivity index (χ2v) is 5.75. The molecule has 0 spiro atoms. The molecule has 0 fully saturated rings. The Bertz CT molecular complexity index is 815. The summed E-state index contributed by atoms with van der Waals surface area (Å²) in [6, 6.07) is 18.3. The van der Waals surface area contributed by atoms with Gasteiger partial charge in [-0.25, -0.2) is 0 Å². The van der Waals surface area contributed by atoms with E-state index in [-0.39, 0.29) is 5.56 Å². The highest BCUT2D eigenvalue weighted by Crippen LogP contribution is 2.21. The summed E-state index contributed by atoms with van der Waals surface area (Å²) < 4.78 is 0. The Labute approximate surface area is 130 Å². The molecule has 0 bridgehead atoms. The van der Waals surface area contributed by atoms with Crippen LogP contribution in [0.15, 0.2) is 59.4 Å². The fourth-order valence-electron chi connectivity index (χ4n) is 2.80. The molecule has 1 aromatic heterocycles. The maximum atomic E-state index is 12.2. The molecule has 1 heterocycles. The molecule has 0 aliphatic heterocycles. The van der Waals surface area contributed by atoms with Crippen LogP contribution >= 0.6 is 0 Å². The minimum absolute atomic E-state index is 0.0277. The summed E-state index contributed by atoms with van der Waals surface area (Å²) in [5.74, 6) is 0. The molecule has 112 valence electrons. The molecule has 2 aromatic carbocycles. The van der Waals surface area contributed by atoms with Gasteiger partial charge in [0.15, 0.2) is 0 Å². The zero-order valence-corrected chi connectivity index (χ0v) is 12.9. The van der Waals surface area contributed by atoms with Gasteiger partial charge in [0.2, 0.25) is 0 Å². The number of hydrogen-bond acceptors (Lipinski definition) is 1. The van der Waals surface area contributed by atoms with Gasteiger partial charge in [0.05, 0.1) is 0 Å². The van der Waals surface area contributed by atoms with Gasteiger partial charge in [0.1, 0.15) is 0 Å². The van der Waals surface area contributed by atoms with E-state index in [1.54, 1.807) is 0 Å². The van der Waals surface area contributed by atoms with E-state index in [1.165, 1.54) is 24.8 Å². The van der Waals surface area contributed by atoms with Gasteiger partial charge in [-0.05, 0) is 41.5 Å². The second-order valence-electron chi connectivity index (χ2n) is 5.75. The first-order valence-corrected chi connectivity index (χ1v) is 7.99. The molecule has 2 nitrogen and oxygen atoms in total. The van der Waals surface area contributed by atoms with Crippen LogP contribution in [0.2, 0.25) is 0 Å². The summed E-state index contributed by atoms with van der Waals surface area (Å²) in [5, 5.41) is 1.72. The Hall–Kier alpha value is -2.35. The van der Waals surface area contributed by atoms with Crippen molar-refractivity contribution < 1.29 is 0 Å². The number of H-pyrrole nitrogens is 1. The van der Waals surface area contributed by atoms with Crippen LogP contribution in [0.25, 0.3) is 22.0 Å². The highest BCUT2D eigenvalue weighted by Gasteiger charge is 2.04. The van der Waals surface area contributed by atoms with Crippen LogP contribution < -0.4 is 5.56 Å². The van der Waals surface area contributed by atoms with Crippen LogP contribution in [0.4, 0.5) is 0 Å². The Morgan fingerprint density at radius 3 is 2.50 bits per heavy atom. The van der Waals surface area contributed by atoms with Gasteiger partial charge in [-0.1, -0.05) is 62.2 Å². The maximum Gasteiger partial charge on any atom is 0.256 e. The van der Waals surface area contributed by atoms with Crippen molar-refractivity contribution in [3.05, 3.63) is 70.5 Å². The topological polar surface area (TPSA) is 32.9 Å². The molecule has 0 aliphatic carbocycles. The second kappa shape index (κ2) is 6.61. The zero-order valence-electron chi connectivity index (χ0n) is 12.9. The molecule has 22 heavy (non-hydrogen) atoms. The van der Waals surface area contributed by atoms with E-state index < -0.39 is 0 Å². The number of benzene rings is 2. The van der Waals surface area contributed by atoms with Crippen molar-refractivity contribution in [3.8, 4) is 11.3 Å². The number of unbranched alkanes of at least 4 members (excludes halogenated alkanes) is 2. The van der Waals surface area contributed by atoms with Gasteiger partial charge in [-0.2, -0.15) is 0 Å². The maximum absolute atomic E-state index is 12.2. The van der Waals surface area contributed by atoms with E-state index in [2.05, 4.69) is 36.2 Å². The smallest absolute Gasteiger partial charge is 0.256 e. The first-order valence-electron chi connectivity index (χ1n) is 7.99. The van der Waals surface area contributed by atoms with Gasteiger partial charge in [0.25, 0.3) is 5.56 Å². The molecule has 0 amide bonds. The Balaban J connectivity index is 1.89. The van der Waals surface area contributed by atoms with Crippen LogP contribution in [0, 0.1) is 0 Å². The molecule has 3 rings (SSSR count). The minimum Gasteiger partial charge on any atom is -0.321 e. The number of rotatable bonds is 5.